The minimum atomic E-state index is -3.69. The molecule has 0 spiro atoms. The number of sulfonamides is 1. The fourth-order valence-corrected chi connectivity index (χ4v) is 2.79. The van der Waals surface area contributed by atoms with Gasteiger partial charge in [0.25, 0.3) is 0 Å². The van der Waals surface area contributed by atoms with Gasteiger partial charge in [0, 0.05) is 6.42 Å². The lowest BCUT2D eigenvalue weighted by Gasteiger charge is -2.09. The van der Waals surface area contributed by atoms with E-state index in [-0.39, 0.29) is 11.4 Å². The molecule has 2 aromatic rings. The summed E-state index contributed by atoms with van der Waals surface area (Å²) in [4.78, 5) is 4.07. The summed E-state index contributed by atoms with van der Waals surface area (Å²) in [5.74, 6) is 6.34. The van der Waals surface area contributed by atoms with Crippen LogP contribution >= 0.6 is 0 Å². The average Bonchev–Trinajstić information content (AvgIpc) is 2.93. The van der Waals surface area contributed by atoms with Crippen molar-refractivity contribution in [2.45, 2.75) is 24.8 Å². The third-order valence-corrected chi connectivity index (χ3v) is 4.15. The smallest absolute Gasteiger partial charge is 0.243 e. The highest BCUT2D eigenvalue weighted by Crippen LogP contribution is 2.19. The summed E-state index contributed by atoms with van der Waals surface area (Å²) in [6, 6.07) is 6.35. The molecule has 108 valence electrons. The lowest BCUT2D eigenvalue weighted by Crippen LogP contribution is -2.25. The van der Waals surface area contributed by atoms with E-state index in [0.29, 0.717) is 23.8 Å². The summed E-state index contributed by atoms with van der Waals surface area (Å²) in [6.07, 6.45) is 2.29. The standard InChI is InChI=1S/C12H16N4O3S/c1-2-9-7-14-12(19-9)8-15-20(17,18)11-6-4-3-5-10(11)16-13/h3-7,15-16H,2,8,13H2,1H3. The molecule has 0 radical (unpaired) electrons. The van der Waals surface area contributed by atoms with Crippen LogP contribution in [0.3, 0.4) is 0 Å². The normalized spacial score (nSPS) is 11.5. The Morgan fingerprint density at radius 1 is 1.35 bits per heavy atom. The van der Waals surface area contributed by atoms with Gasteiger partial charge in [-0.3, -0.25) is 5.84 Å². The molecule has 20 heavy (non-hydrogen) atoms. The minimum absolute atomic E-state index is 0.0127. The van der Waals surface area contributed by atoms with E-state index in [1.54, 1.807) is 24.4 Å². The quantitative estimate of drug-likeness (QED) is 0.542. The Morgan fingerprint density at radius 3 is 2.75 bits per heavy atom. The number of nitrogens with zero attached hydrogens (tertiary/aromatic N) is 1. The number of anilines is 1. The number of aromatic nitrogens is 1. The van der Waals surface area contributed by atoms with Crippen molar-refractivity contribution in [1.82, 2.24) is 9.71 Å². The predicted molar refractivity (Wildman–Crippen MR) is 74.2 cm³/mol. The minimum Gasteiger partial charge on any atom is -0.444 e. The average molecular weight is 296 g/mol. The maximum absolute atomic E-state index is 12.2. The Bertz CT molecular complexity index is 682. The van der Waals surface area contributed by atoms with Crippen LogP contribution in [0.4, 0.5) is 5.69 Å². The van der Waals surface area contributed by atoms with Gasteiger partial charge < -0.3 is 9.84 Å². The molecule has 1 aromatic carbocycles. The number of benzene rings is 1. The molecule has 0 bridgehead atoms. The van der Waals surface area contributed by atoms with Gasteiger partial charge in [-0.05, 0) is 12.1 Å². The fraction of sp³-hybridized carbons (Fsp3) is 0.250. The van der Waals surface area contributed by atoms with E-state index in [1.807, 2.05) is 6.92 Å². The molecule has 0 unspecified atom stereocenters. The van der Waals surface area contributed by atoms with Gasteiger partial charge in [-0.15, -0.1) is 0 Å². The number of nitrogens with two attached hydrogens (primary N) is 1. The molecule has 7 nitrogen and oxygen atoms in total. The van der Waals surface area contributed by atoms with Gasteiger partial charge in [0.1, 0.15) is 10.7 Å². The fourth-order valence-electron chi connectivity index (χ4n) is 1.65. The number of oxazole rings is 1. The second kappa shape index (κ2) is 6.04. The number of hydrogen-bond acceptors (Lipinski definition) is 6. The Morgan fingerprint density at radius 2 is 2.10 bits per heavy atom. The third kappa shape index (κ3) is 3.16. The van der Waals surface area contributed by atoms with Crippen molar-refractivity contribution in [2.24, 2.45) is 5.84 Å². The summed E-state index contributed by atoms with van der Waals surface area (Å²) in [5.41, 5.74) is 2.68. The molecule has 0 saturated carbocycles. The van der Waals surface area contributed by atoms with Crippen molar-refractivity contribution >= 4 is 15.7 Å². The van der Waals surface area contributed by atoms with Crippen molar-refractivity contribution in [3.8, 4) is 0 Å². The van der Waals surface area contributed by atoms with Crippen molar-refractivity contribution in [2.75, 3.05) is 5.43 Å². The number of nitrogen functional groups attached to an aromatic ring is 1. The third-order valence-electron chi connectivity index (χ3n) is 2.70. The van der Waals surface area contributed by atoms with E-state index >= 15 is 0 Å². The maximum atomic E-state index is 12.2. The van der Waals surface area contributed by atoms with Gasteiger partial charge in [-0.25, -0.2) is 18.1 Å². The van der Waals surface area contributed by atoms with E-state index in [9.17, 15) is 8.42 Å². The van der Waals surface area contributed by atoms with E-state index in [1.165, 1.54) is 6.07 Å². The molecule has 1 aromatic heterocycles. The Hall–Kier alpha value is -1.90. The monoisotopic (exact) mass is 296 g/mol. The van der Waals surface area contributed by atoms with Crippen molar-refractivity contribution in [3.63, 3.8) is 0 Å². The molecule has 8 heteroatoms. The van der Waals surface area contributed by atoms with Crippen LogP contribution in [0.2, 0.25) is 0 Å². The molecule has 0 aliphatic rings. The van der Waals surface area contributed by atoms with E-state index < -0.39 is 10.0 Å². The lowest BCUT2D eigenvalue weighted by molar-refractivity contribution is 0.452. The van der Waals surface area contributed by atoms with Gasteiger partial charge in [0.05, 0.1) is 18.4 Å². The van der Waals surface area contributed by atoms with Gasteiger partial charge in [0.2, 0.25) is 15.9 Å². The predicted octanol–water partition coefficient (Wildman–Crippen LogP) is 1.00. The molecule has 4 N–H and O–H groups in total. The zero-order valence-corrected chi connectivity index (χ0v) is 11.8. The summed E-state index contributed by atoms with van der Waals surface area (Å²) >= 11 is 0. The van der Waals surface area contributed by atoms with Crippen LogP contribution in [-0.4, -0.2) is 13.4 Å². The zero-order chi connectivity index (χ0) is 14.6. The molecule has 2 rings (SSSR count). The molecule has 1 heterocycles. The van der Waals surface area contributed by atoms with Crippen LogP contribution in [-0.2, 0) is 23.0 Å². The van der Waals surface area contributed by atoms with Crippen molar-refractivity contribution in [1.29, 1.82) is 0 Å². The molecule has 0 atom stereocenters. The highest BCUT2D eigenvalue weighted by Gasteiger charge is 2.18. The van der Waals surface area contributed by atoms with Crippen molar-refractivity contribution < 1.29 is 12.8 Å². The first-order valence-electron chi connectivity index (χ1n) is 6.05. The van der Waals surface area contributed by atoms with Crippen LogP contribution in [0, 0.1) is 0 Å². The maximum Gasteiger partial charge on any atom is 0.243 e. The molecule has 0 aliphatic heterocycles. The molecule has 0 saturated heterocycles. The number of aryl methyl sites for hydroxylation is 1. The summed E-state index contributed by atoms with van der Waals surface area (Å²) in [7, 11) is -3.69. The second-order valence-electron chi connectivity index (χ2n) is 4.04. The Labute approximate surface area is 117 Å². The zero-order valence-electron chi connectivity index (χ0n) is 11.0. The lowest BCUT2D eigenvalue weighted by atomic mass is 10.3. The molecule has 0 aliphatic carbocycles. The van der Waals surface area contributed by atoms with E-state index in [4.69, 9.17) is 10.3 Å². The van der Waals surface area contributed by atoms with Gasteiger partial charge >= 0.3 is 0 Å². The molecule has 0 amide bonds. The van der Waals surface area contributed by atoms with Crippen LogP contribution < -0.4 is 16.0 Å². The molecular weight excluding hydrogens is 280 g/mol. The van der Waals surface area contributed by atoms with Crippen LogP contribution in [0.25, 0.3) is 0 Å². The first-order chi connectivity index (χ1) is 9.56. The van der Waals surface area contributed by atoms with Crippen LogP contribution in [0.5, 0.6) is 0 Å². The SMILES string of the molecule is CCc1cnc(CNS(=O)(=O)c2ccccc2NN)o1. The van der Waals surface area contributed by atoms with Crippen LogP contribution in [0.1, 0.15) is 18.6 Å². The van der Waals surface area contributed by atoms with Crippen molar-refractivity contribution in [3.05, 3.63) is 42.1 Å². The largest absolute Gasteiger partial charge is 0.444 e. The first kappa shape index (κ1) is 14.5. The van der Waals surface area contributed by atoms with Crippen LogP contribution in [0.15, 0.2) is 39.8 Å². The van der Waals surface area contributed by atoms with Gasteiger partial charge in [-0.1, -0.05) is 19.1 Å². The number of hydrogen-bond donors (Lipinski definition) is 3. The number of rotatable bonds is 6. The summed E-state index contributed by atoms with van der Waals surface area (Å²) in [5, 5.41) is 0. The number of nitrogens with one attached hydrogen (secondary N) is 2. The van der Waals surface area contributed by atoms with Gasteiger partial charge in [0.15, 0.2) is 0 Å². The van der Waals surface area contributed by atoms with E-state index in [2.05, 4.69) is 15.1 Å². The highest BCUT2D eigenvalue weighted by atomic mass is 32.2. The van der Waals surface area contributed by atoms with E-state index in [0.717, 1.165) is 0 Å². The Balaban J connectivity index is 2.15. The summed E-state index contributed by atoms with van der Waals surface area (Å²) in [6.45, 7) is 1.92. The first-order valence-corrected chi connectivity index (χ1v) is 7.54. The molecular formula is C12H16N4O3S. The molecule has 0 fully saturated rings. The summed E-state index contributed by atoms with van der Waals surface area (Å²) < 4.78 is 32.1. The second-order valence-corrected chi connectivity index (χ2v) is 5.77. The highest BCUT2D eigenvalue weighted by molar-refractivity contribution is 7.89. The topological polar surface area (TPSA) is 110 Å². The Kier molecular flexibility index (Phi) is 4.38. The number of hydrazine groups is 1. The van der Waals surface area contributed by atoms with Gasteiger partial charge in [-0.2, -0.15) is 0 Å². The number of para-hydroxylation sites is 1.